The first-order chi connectivity index (χ1) is 15.4. The molecular formula is C19H33N5O9. The summed E-state index contributed by atoms with van der Waals surface area (Å²) >= 11 is 0. The van der Waals surface area contributed by atoms with Crippen molar-refractivity contribution in [2.24, 2.45) is 11.5 Å². The van der Waals surface area contributed by atoms with Gasteiger partial charge in [-0.25, -0.2) is 4.79 Å². The highest BCUT2D eigenvalue weighted by Crippen LogP contribution is 2.06. The van der Waals surface area contributed by atoms with Crippen LogP contribution < -0.4 is 27.4 Å². The van der Waals surface area contributed by atoms with Crippen LogP contribution in [0.2, 0.25) is 0 Å². The number of unbranched alkanes of at least 4 members (excludes halogenated alkanes) is 1. The summed E-state index contributed by atoms with van der Waals surface area (Å²) in [7, 11) is 0. The van der Waals surface area contributed by atoms with Gasteiger partial charge in [0.1, 0.15) is 18.1 Å². The topological polar surface area (TPSA) is 251 Å². The Morgan fingerprint density at radius 1 is 0.697 bits per heavy atom. The predicted molar refractivity (Wildman–Crippen MR) is 114 cm³/mol. The van der Waals surface area contributed by atoms with E-state index in [4.69, 9.17) is 21.7 Å². The fraction of sp³-hybridized carbons (Fsp3) is 0.684. The Morgan fingerprint density at radius 2 is 1.12 bits per heavy atom. The molecule has 14 nitrogen and oxygen atoms in total. The molecule has 14 heteroatoms. The molecular weight excluding hydrogens is 442 g/mol. The van der Waals surface area contributed by atoms with Crippen LogP contribution in [0.15, 0.2) is 0 Å². The van der Waals surface area contributed by atoms with E-state index in [1.54, 1.807) is 0 Å². The Morgan fingerprint density at radius 3 is 1.48 bits per heavy atom. The summed E-state index contributed by atoms with van der Waals surface area (Å²) in [6.45, 7) is 1.68. The zero-order valence-corrected chi connectivity index (χ0v) is 18.4. The number of carboxylic acids is 3. The van der Waals surface area contributed by atoms with Crippen LogP contribution in [0.25, 0.3) is 0 Å². The van der Waals surface area contributed by atoms with Gasteiger partial charge >= 0.3 is 17.9 Å². The van der Waals surface area contributed by atoms with Crippen LogP contribution in [0.3, 0.4) is 0 Å². The Bertz CT molecular complexity index is 714. The number of carbonyl (C=O) groups excluding carboxylic acids is 3. The van der Waals surface area contributed by atoms with Crippen molar-refractivity contribution >= 4 is 35.6 Å². The second kappa shape index (κ2) is 15.5. The molecule has 0 aromatic carbocycles. The number of amides is 3. The van der Waals surface area contributed by atoms with Gasteiger partial charge in [0.05, 0.1) is 6.04 Å². The standard InChI is InChI=1S/C19H33N5O9/c1-10(21)16(29)22-11(5-7-14(25)26)17(30)23-12(6-8-15(27)28)18(31)24-13(19(32)33)4-2-3-9-20/h10-13H,2-9,20-21H2,1H3,(H,22,29)(H,23,30)(H,24,31)(H,25,26)(H,27,28)(H,32,33). The van der Waals surface area contributed by atoms with Crippen molar-refractivity contribution < 1.29 is 44.1 Å². The Hall–Kier alpha value is -3.26. The van der Waals surface area contributed by atoms with E-state index in [-0.39, 0.29) is 19.3 Å². The largest absolute Gasteiger partial charge is 0.481 e. The van der Waals surface area contributed by atoms with Gasteiger partial charge in [0.2, 0.25) is 17.7 Å². The maximum atomic E-state index is 12.7. The Balaban J connectivity index is 5.48. The van der Waals surface area contributed by atoms with Gasteiger partial charge in [0.25, 0.3) is 0 Å². The van der Waals surface area contributed by atoms with Gasteiger partial charge in [-0.05, 0) is 45.6 Å². The number of nitrogens with two attached hydrogens (primary N) is 2. The molecule has 0 radical (unpaired) electrons. The quantitative estimate of drug-likeness (QED) is 0.104. The van der Waals surface area contributed by atoms with E-state index >= 15 is 0 Å². The minimum Gasteiger partial charge on any atom is -0.481 e. The molecule has 0 aromatic rings. The first-order valence-electron chi connectivity index (χ1n) is 10.4. The summed E-state index contributed by atoms with van der Waals surface area (Å²) in [5, 5.41) is 34.0. The molecule has 188 valence electrons. The van der Waals surface area contributed by atoms with Gasteiger partial charge < -0.3 is 42.7 Å². The monoisotopic (exact) mass is 475 g/mol. The lowest BCUT2D eigenvalue weighted by Crippen LogP contribution is -2.57. The molecule has 0 fully saturated rings. The van der Waals surface area contributed by atoms with Crippen molar-refractivity contribution in [3.05, 3.63) is 0 Å². The number of carboxylic acid groups (broad SMARTS) is 3. The second-order valence-electron chi connectivity index (χ2n) is 7.46. The van der Waals surface area contributed by atoms with Crippen LogP contribution in [0, 0.1) is 0 Å². The van der Waals surface area contributed by atoms with Gasteiger partial charge in [-0.1, -0.05) is 0 Å². The second-order valence-corrected chi connectivity index (χ2v) is 7.46. The average Bonchev–Trinajstić information content (AvgIpc) is 2.72. The van der Waals surface area contributed by atoms with Crippen molar-refractivity contribution in [2.75, 3.05) is 6.54 Å². The van der Waals surface area contributed by atoms with E-state index in [1.807, 2.05) is 0 Å². The zero-order valence-electron chi connectivity index (χ0n) is 18.4. The van der Waals surface area contributed by atoms with Crippen molar-refractivity contribution in [3.63, 3.8) is 0 Å². The Kier molecular flexibility index (Phi) is 14.0. The van der Waals surface area contributed by atoms with E-state index in [0.29, 0.717) is 19.4 Å². The van der Waals surface area contributed by atoms with Crippen molar-refractivity contribution in [3.8, 4) is 0 Å². The fourth-order valence-electron chi connectivity index (χ4n) is 2.67. The molecule has 0 rings (SSSR count). The Labute approximate surface area is 190 Å². The minimum atomic E-state index is -1.44. The van der Waals surface area contributed by atoms with Crippen molar-refractivity contribution in [2.45, 2.75) is 76.0 Å². The summed E-state index contributed by atoms with van der Waals surface area (Å²) in [4.78, 5) is 70.5. The van der Waals surface area contributed by atoms with Gasteiger partial charge in [0, 0.05) is 12.8 Å². The third kappa shape index (κ3) is 13.0. The third-order valence-electron chi connectivity index (χ3n) is 4.53. The summed E-state index contributed by atoms with van der Waals surface area (Å²) in [6, 6.07) is -5.08. The van der Waals surface area contributed by atoms with Gasteiger partial charge in [-0.3, -0.25) is 24.0 Å². The fourth-order valence-corrected chi connectivity index (χ4v) is 2.67. The zero-order chi connectivity index (χ0) is 25.6. The molecule has 0 heterocycles. The van der Waals surface area contributed by atoms with Crippen LogP contribution in [0.5, 0.6) is 0 Å². The lowest BCUT2D eigenvalue weighted by atomic mass is 10.1. The molecule has 0 aliphatic heterocycles. The molecule has 33 heavy (non-hydrogen) atoms. The van der Waals surface area contributed by atoms with Crippen molar-refractivity contribution in [1.29, 1.82) is 0 Å². The molecule has 10 N–H and O–H groups in total. The number of hydrogen-bond acceptors (Lipinski definition) is 8. The van der Waals surface area contributed by atoms with Crippen LogP contribution in [-0.2, 0) is 28.8 Å². The molecule has 0 aliphatic carbocycles. The van der Waals surface area contributed by atoms with E-state index < -0.39 is 72.6 Å². The van der Waals surface area contributed by atoms with E-state index in [1.165, 1.54) is 6.92 Å². The molecule has 3 amide bonds. The van der Waals surface area contributed by atoms with Crippen LogP contribution >= 0.6 is 0 Å². The molecule has 0 bridgehead atoms. The van der Waals surface area contributed by atoms with E-state index in [9.17, 15) is 33.9 Å². The predicted octanol–water partition coefficient (Wildman–Crippen LogP) is -2.27. The maximum absolute atomic E-state index is 12.7. The van der Waals surface area contributed by atoms with Crippen LogP contribution in [0.4, 0.5) is 0 Å². The molecule has 4 unspecified atom stereocenters. The van der Waals surface area contributed by atoms with Gasteiger partial charge in [0.15, 0.2) is 0 Å². The smallest absolute Gasteiger partial charge is 0.326 e. The highest BCUT2D eigenvalue weighted by Gasteiger charge is 2.30. The summed E-state index contributed by atoms with van der Waals surface area (Å²) in [6.07, 6.45) is -0.660. The van der Waals surface area contributed by atoms with Crippen LogP contribution in [-0.4, -0.2) is 81.7 Å². The molecule has 0 aliphatic rings. The maximum Gasteiger partial charge on any atom is 0.326 e. The molecule has 0 aromatic heterocycles. The molecule has 0 saturated carbocycles. The van der Waals surface area contributed by atoms with Crippen LogP contribution in [0.1, 0.15) is 51.9 Å². The normalized spacial score (nSPS) is 14.3. The average molecular weight is 475 g/mol. The molecule has 0 saturated heterocycles. The van der Waals surface area contributed by atoms with Gasteiger partial charge in [-0.15, -0.1) is 0 Å². The first-order valence-corrected chi connectivity index (χ1v) is 10.4. The lowest BCUT2D eigenvalue weighted by molar-refractivity contribution is -0.143. The molecule has 4 atom stereocenters. The van der Waals surface area contributed by atoms with E-state index in [0.717, 1.165) is 0 Å². The lowest BCUT2D eigenvalue weighted by Gasteiger charge is -2.24. The van der Waals surface area contributed by atoms with Crippen molar-refractivity contribution in [1.82, 2.24) is 16.0 Å². The molecule has 0 spiro atoms. The van der Waals surface area contributed by atoms with Gasteiger partial charge in [-0.2, -0.15) is 0 Å². The summed E-state index contributed by atoms with van der Waals surface area (Å²) in [5.74, 6) is -6.41. The highest BCUT2D eigenvalue weighted by molar-refractivity contribution is 5.94. The number of aliphatic carboxylic acids is 3. The number of hydrogen-bond donors (Lipinski definition) is 8. The number of nitrogens with one attached hydrogen (secondary N) is 3. The summed E-state index contributed by atoms with van der Waals surface area (Å²) in [5.41, 5.74) is 10.8. The summed E-state index contributed by atoms with van der Waals surface area (Å²) < 4.78 is 0. The van der Waals surface area contributed by atoms with E-state index in [2.05, 4.69) is 16.0 Å². The first kappa shape index (κ1) is 29.7. The SMILES string of the molecule is CC(N)C(=O)NC(CCC(=O)O)C(=O)NC(CCC(=O)O)C(=O)NC(CCCCN)C(=O)O. The highest BCUT2D eigenvalue weighted by atomic mass is 16.4. The third-order valence-corrected chi connectivity index (χ3v) is 4.53. The number of carbonyl (C=O) groups is 6. The number of rotatable bonds is 17. The minimum absolute atomic E-state index is 0.0730.